The zero-order valence-electron chi connectivity index (χ0n) is 14.3. The first kappa shape index (κ1) is 16.2. The number of Topliss-reactive ketones (excluding diaryl/α,β-unsaturated/α-hetero) is 1. The molecule has 4 rings (SSSR count). The largest absolute Gasteiger partial charge is 0.318 e. The first-order valence-electron chi connectivity index (χ1n) is 8.56. The number of allylic oxidation sites excluding steroid dienone is 3. The van der Waals surface area contributed by atoms with E-state index in [1.54, 1.807) is 23.1 Å². The molecule has 3 aliphatic rings. The summed E-state index contributed by atoms with van der Waals surface area (Å²) in [4.78, 5) is 31.1. The summed E-state index contributed by atoms with van der Waals surface area (Å²) in [6, 6.07) is 7.73. The van der Waals surface area contributed by atoms with Crippen LogP contribution in [0.3, 0.4) is 0 Å². The second-order valence-corrected chi connectivity index (χ2v) is 6.31. The molecule has 130 valence electrons. The van der Waals surface area contributed by atoms with E-state index in [1.165, 1.54) is 0 Å². The maximum Gasteiger partial charge on any atom is 0.238 e. The predicted molar refractivity (Wildman–Crippen MR) is 100 cm³/mol. The van der Waals surface area contributed by atoms with Crippen LogP contribution in [0.15, 0.2) is 65.0 Å². The zero-order chi connectivity index (χ0) is 18.3. The van der Waals surface area contributed by atoms with Gasteiger partial charge in [-0.25, -0.2) is 4.99 Å². The molecule has 1 saturated heterocycles. The lowest BCUT2D eigenvalue weighted by Gasteiger charge is -2.23. The molecule has 0 radical (unpaired) electrons. The average molecular weight is 346 g/mol. The lowest BCUT2D eigenvalue weighted by atomic mass is 9.95. The number of fused-ring (bicyclic) bond motifs is 1. The number of amides is 1. The van der Waals surface area contributed by atoms with Crippen LogP contribution in [0.1, 0.15) is 12.5 Å². The highest BCUT2D eigenvalue weighted by Crippen LogP contribution is 2.29. The number of ketones is 1. The van der Waals surface area contributed by atoms with Crippen molar-refractivity contribution >= 4 is 28.9 Å². The fraction of sp³-hybridized carbons (Fsp3) is 0.200. The molecule has 1 unspecified atom stereocenters. The highest BCUT2D eigenvalue weighted by molar-refractivity contribution is 6.34. The first-order chi connectivity index (χ1) is 12.6. The van der Waals surface area contributed by atoms with Crippen molar-refractivity contribution in [2.45, 2.75) is 13.3 Å². The second kappa shape index (κ2) is 6.22. The molecule has 0 aromatic heterocycles. The van der Waals surface area contributed by atoms with Crippen molar-refractivity contribution in [3.63, 3.8) is 0 Å². The number of aliphatic imine (C=N–C) groups is 1. The Labute approximate surface area is 151 Å². The molecular formula is C20H18N4O2. The molecule has 1 aliphatic carbocycles. The van der Waals surface area contributed by atoms with Crippen LogP contribution in [0, 0.1) is 11.3 Å². The Kier molecular flexibility index (Phi) is 3.88. The number of carbonyl (C=O) groups excluding carboxylic acids is 2. The van der Waals surface area contributed by atoms with E-state index in [0.717, 1.165) is 17.7 Å². The molecule has 0 saturated carbocycles. The predicted octanol–water partition coefficient (Wildman–Crippen LogP) is 2.14. The van der Waals surface area contributed by atoms with Crippen LogP contribution in [0.25, 0.3) is 0 Å². The summed E-state index contributed by atoms with van der Waals surface area (Å²) in [7, 11) is 0. The van der Waals surface area contributed by atoms with Crippen molar-refractivity contribution in [3.8, 4) is 0 Å². The van der Waals surface area contributed by atoms with E-state index in [9.17, 15) is 9.59 Å². The van der Waals surface area contributed by atoms with Crippen molar-refractivity contribution in [1.82, 2.24) is 5.32 Å². The molecule has 0 bridgehead atoms. The molecule has 1 fully saturated rings. The van der Waals surface area contributed by atoms with Crippen LogP contribution in [-0.4, -0.2) is 29.8 Å². The number of anilines is 1. The van der Waals surface area contributed by atoms with Crippen molar-refractivity contribution < 1.29 is 9.59 Å². The maximum absolute atomic E-state index is 12.6. The number of hydrogen-bond donors (Lipinski definition) is 2. The average Bonchev–Trinajstić information content (AvgIpc) is 2.95. The molecule has 26 heavy (non-hydrogen) atoms. The zero-order valence-corrected chi connectivity index (χ0v) is 14.3. The van der Waals surface area contributed by atoms with Gasteiger partial charge in [-0.3, -0.25) is 15.0 Å². The molecule has 2 N–H and O–H groups in total. The quantitative estimate of drug-likeness (QED) is 0.805. The molecule has 2 heterocycles. The van der Waals surface area contributed by atoms with Gasteiger partial charge in [0.2, 0.25) is 5.91 Å². The molecule has 1 amide bonds. The standard InChI is InChI=1S/C20H18N4O2/c1-2-12-7-3-6-10-15(12)24-11-16(25)17(18(24)21)19-22-14-9-5-4-8-13(14)20(26)23-19/h3-10,13,21H,2,11H2,1H3,(H,23,26)/b19-17-,21-18?. The third-order valence-electron chi connectivity index (χ3n) is 4.75. The van der Waals surface area contributed by atoms with Gasteiger partial charge < -0.3 is 10.2 Å². The highest BCUT2D eigenvalue weighted by atomic mass is 16.2. The molecule has 1 atom stereocenters. The van der Waals surface area contributed by atoms with E-state index in [1.807, 2.05) is 37.3 Å². The molecule has 1 aromatic rings. The van der Waals surface area contributed by atoms with Gasteiger partial charge in [-0.1, -0.05) is 43.4 Å². The Balaban J connectivity index is 1.76. The molecular weight excluding hydrogens is 328 g/mol. The van der Waals surface area contributed by atoms with E-state index < -0.39 is 5.92 Å². The van der Waals surface area contributed by atoms with Gasteiger partial charge in [0.15, 0.2) is 5.78 Å². The monoisotopic (exact) mass is 346 g/mol. The van der Waals surface area contributed by atoms with Gasteiger partial charge in [-0.15, -0.1) is 0 Å². The summed E-state index contributed by atoms with van der Waals surface area (Å²) in [6.07, 6.45) is 7.94. The Morgan fingerprint density at radius 1 is 1.27 bits per heavy atom. The van der Waals surface area contributed by atoms with Crippen LogP contribution in [0.4, 0.5) is 5.69 Å². The molecule has 2 aliphatic heterocycles. The number of rotatable bonds is 2. The third kappa shape index (κ3) is 2.50. The fourth-order valence-corrected chi connectivity index (χ4v) is 3.42. The first-order valence-corrected chi connectivity index (χ1v) is 8.56. The van der Waals surface area contributed by atoms with E-state index in [2.05, 4.69) is 10.3 Å². The number of nitrogens with one attached hydrogen (secondary N) is 2. The van der Waals surface area contributed by atoms with Crippen LogP contribution in [0.2, 0.25) is 0 Å². The van der Waals surface area contributed by atoms with E-state index in [4.69, 9.17) is 5.41 Å². The fourth-order valence-electron chi connectivity index (χ4n) is 3.42. The van der Waals surface area contributed by atoms with Crippen LogP contribution >= 0.6 is 0 Å². The normalized spacial score (nSPS) is 24.7. The van der Waals surface area contributed by atoms with Gasteiger partial charge in [0.05, 0.1) is 18.2 Å². The van der Waals surface area contributed by atoms with Gasteiger partial charge in [-0.2, -0.15) is 0 Å². The number of nitrogens with zero attached hydrogens (tertiary/aromatic N) is 2. The van der Waals surface area contributed by atoms with Crippen LogP contribution in [-0.2, 0) is 16.0 Å². The van der Waals surface area contributed by atoms with E-state index >= 15 is 0 Å². The summed E-state index contributed by atoms with van der Waals surface area (Å²) in [5.74, 6) is -0.635. The van der Waals surface area contributed by atoms with E-state index in [0.29, 0.717) is 5.71 Å². The summed E-state index contributed by atoms with van der Waals surface area (Å²) in [5, 5.41) is 11.2. The van der Waals surface area contributed by atoms with Crippen LogP contribution < -0.4 is 10.2 Å². The second-order valence-electron chi connectivity index (χ2n) is 6.31. The number of amidine groups is 1. The number of carbonyl (C=O) groups is 2. The lowest BCUT2D eigenvalue weighted by Crippen LogP contribution is -2.39. The smallest absolute Gasteiger partial charge is 0.238 e. The minimum atomic E-state index is -0.438. The van der Waals surface area contributed by atoms with Gasteiger partial charge in [0.1, 0.15) is 17.2 Å². The van der Waals surface area contributed by atoms with Crippen molar-refractivity contribution in [2.75, 3.05) is 11.4 Å². The number of benzene rings is 1. The Hall–Kier alpha value is -3.28. The Morgan fingerprint density at radius 3 is 2.88 bits per heavy atom. The highest BCUT2D eigenvalue weighted by Gasteiger charge is 2.38. The topological polar surface area (TPSA) is 85.6 Å². The van der Waals surface area contributed by atoms with Gasteiger partial charge >= 0.3 is 0 Å². The minimum Gasteiger partial charge on any atom is -0.318 e. The SMILES string of the molecule is CCc1ccccc1N1CC(=O)/C(=C2\N=C3C=CC=CC3C(=O)N2)C1=N. The lowest BCUT2D eigenvalue weighted by molar-refractivity contribution is -0.121. The Bertz CT molecular complexity index is 952. The van der Waals surface area contributed by atoms with Crippen molar-refractivity contribution in [3.05, 3.63) is 65.5 Å². The minimum absolute atomic E-state index is 0.0735. The summed E-state index contributed by atoms with van der Waals surface area (Å²) in [6.45, 7) is 2.12. The molecule has 1 aromatic carbocycles. The summed E-state index contributed by atoms with van der Waals surface area (Å²) < 4.78 is 0. The van der Waals surface area contributed by atoms with Gasteiger partial charge in [-0.05, 0) is 24.1 Å². The van der Waals surface area contributed by atoms with E-state index in [-0.39, 0.29) is 35.5 Å². The van der Waals surface area contributed by atoms with Crippen molar-refractivity contribution in [2.24, 2.45) is 10.9 Å². The van der Waals surface area contributed by atoms with Gasteiger partial charge in [0, 0.05) is 5.69 Å². The van der Waals surface area contributed by atoms with Gasteiger partial charge in [0.25, 0.3) is 0 Å². The Morgan fingerprint density at radius 2 is 2.08 bits per heavy atom. The number of aryl methyl sites for hydroxylation is 1. The van der Waals surface area contributed by atoms with Crippen molar-refractivity contribution in [1.29, 1.82) is 5.41 Å². The molecule has 6 nitrogen and oxygen atoms in total. The summed E-state index contributed by atoms with van der Waals surface area (Å²) in [5.41, 5.74) is 2.66. The van der Waals surface area contributed by atoms with Crippen LogP contribution in [0.5, 0.6) is 0 Å². The molecule has 6 heteroatoms. The maximum atomic E-state index is 12.6. The third-order valence-corrected chi connectivity index (χ3v) is 4.75. The number of hydrogen-bond acceptors (Lipinski definition) is 4. The molecule has 0 spiro atoms. The summed E-state index contributed by atoms with van der Waals surface area (Å²) >= 11 is 0. The number of para-hydroxylation sites is 1.